The molecule has 0 atom stereocenters. The summed E-state index contributed by atoms with van der Waals surface area (Å²) in [6.07, 6.45) is 0. The first kappa shape index (κ1) is 12.4. The Balaban J connectivity index is 3.60. The van der Waals surface area contributed by atoms with E-state index in [0.29, 0.717) is 20.1 Å². The predicted molar refractivity (Wildman–Crippen MR) is 65.3 cm³/mol. The molecule has 0 aliphatic carbocycles. The highest BCUT2D eigenvalue weighted by Crippen LogP contribution is 2.43. The van der Waals surface area contributed by atoms with E-state index in [2.05, 4.69) is 0 Å². The average Bonchev–Trinajstić information content (AvgIpc) is 2.11. The molecular formula is C10H10Cl4. The predicted octanol–water partition coefficient (Wildman–Crippen LogP) is 5.73. The Morgan fingerprint density at radius 2 is 1.21 bits per heavy atom. The van der Waals surface area contributed by atoms with Crippen molar-refractivity contribution in [3.63, 3.8) is 0 Å². The molecule has 0 unspecified atom stereocenters. The summed E-state index contributed by atoms with van der Waals surface area (Å²) in [5.74, 6) is 0.273. The largest absolute Gasteiger partial charge is 0.0824 e. The lowest BCUT2D eigenvalue weighted by Crippen LogP contribution is -1.96. The fourth-order valence-electron chi connectivity index (χ4n) is 1.44. The second kappa shape index (κ2) is 4.49. The van der Waals surface area contributed by atoms with Gasteiger partial charge in [-0.3, -0.25) is 0 Å². The lowest BCUT2D eigenvalue weighted by molar-refractivity contribution is 0.857. The van der Waals surface area contributed by atoms with Crippen LogP contribution in [-0.2, 0) is 0 Å². The highest BCUT2D eigenvalue weighted by molar-refractivity contribution is 6.52. The molecule has 78 valence electrons. The third kappa shape index (κ3) is 1.99. The van der Waals surface area contributed by atoms with Gasteiger partial charge in [0.15, 0.2) is 0 Å². The van der Waals surface area contributed by atoms with Crippen molar-refractivity contribution in [1.82, 2.24) is 0 Å². The summed E-state index contributed by atoms with van der Waals surface area (Å²) >= 11 is 24.0. The molecule has 4 heteroatoms. The van der Waals surface area contributed by atoms with Crippen molar-refractivity contribution in [3.8, 4) is 0 Å². The van der Waals surface area contributed by atoms with Crippen molar-refractivity contribution in [1.29, 1.82) is 0 Å². The van der Waals surface area contributed by atoms with Gasteiger partial charge in [0.25, 0.3) is 0 Å². The summed E-state index contributed by atoms with van der Waals surface area (Å²) in [6, 6.07) is 0. The Morgan fingerprint density at radius 3 is 1.64 bits per heavy atom. The maximum Gasteiger partial charge on any atom is 0.0796 e. The molecule has 14 heavy (non-hydrogen) atoms. The zero-order valence-corrected chi connectivity index (χ0v) is 11.1. The Labute approximate surface area is 104 Å². The van der Waals surface area contributed by atoms with Crippen molar-refractivity contribution in [2.75, 3.05) is 0 Å². The zero-order valence-electron chi connectivity index (χ0n) is 8.09. The maximum atomic E-state index is 6.10. The summed E-state index contributed by atoms with van der Waals surface area (Å²) in [4.78, 5) is 0. The molecule has 0 aliphatic rings. The van der Waals surface area contributed by atoms with E-state index >= 15 is 0 Å². The fourth-order valence-corrected chi connectivity index (χ4v) is 2.62. The Kier molecular flexibility index (Phi) is 3.99. The van der Waals surface area contributed by atoms with Gasteiger partial charge in [-0.05, 0) is 24.0 Å². The van der Waals surface area contributed by atoms with Gasteiger partial charge in [0.05, 0.1) is 20.1 Å². The van der Waals surface area contributed by atoms with E-state index in [-0.39, 0.29) is 5.92 Å². The summed E-state index contributed by atoms with van der Waals surface area (Å²) in [6.45, 7) is 5.97. The van der Waals surface area contributed by atoms with E-state index in [1.165, 1.54) is 0 Å². The average molecular weight is 272 g/mol. The van der Waals surface area contributed by atoms with E-state index < -0.39 is 0 Å². The normalized spacial score (nSPS) is 11.1. The third-order valence-corrected chi connectivity index (χ3v) is 4.04. The fraction of sp³-hybridized carbons (Fsp3) is 0.400. The van der Waals surface area contributed by atoms with Crippen molar-refractivity contribution >= 4 is 46.4 Å². The van der Waals surface area contributed by atoms with E-state index in [1.807, 2.05) is 20.8 Å². The Hall–Kier alpha value is 0.380. The van der Waals surface area contributed by atoms with Crippen LogP contribution in [0.5, 0.6) is 0 Å². The van der Waals surface area contributed by atoms with Gasteiger partial charge in [-0.1, -0.05) is 60.3 Å². The van der Waals surface area contributed by atoms with Gasteiger partial charge in [0.2, 0.25) is 0 Å². The van der Waals surface area contributed by atoms with Crippen LogP contribution >= 0.6 is 46.4 Å². The minimum atomic E-state index is 0.273. The van der Waals surface area contributed by atoms with Crippen LogP contribution in [0.1, 0.15) is 30.9 Å². The van der Waals surface area contributed by atoms with E-state index in [1.54, 1.807) is 0 Å². The molecule has 1 aromatic carbocycles. The standard InChI is InChI=1S/C10H10Cl4/c1-4(2)6-5(3)7(11)9(13)10(14)8(6)12/h4H,1-3H3. The highest BCUT2D eigenvalue weighted by atomic mass is 35.5. The molecule has 0 saturated heterocycles. The lowest BCUT2D eigenvalue weighted by atomic mass is 9.98. The molecule has 1 rings (SSSR count). The van der Waals surface area contributed by atoms with E-state index in [4.69, 9.17) is 46.4 Å². The topological polar surface area (TPSA) is 0 Å². The highest BCUT2D eigenvalue weighted by Gasteiger charge is 2.19. The van der Waals surface area contributed by atoms with Crippen LogP contribution in [0.15, 0.2) is 0 Å². The van der Waals surface area contributed by atoms with Gasteiger partial charge in [0.1, 0.15) is 0 Å². The van der Waals surface area contributed by atoms with E-state index in [0.717, 1.165) is 11.1 Å². The first-order valence-corrected chi connectivity index (χ1v) is 5.71. The number of hydrogen-bond donors (Lipinski definition) is 0. The van der Waals surface area contributed by atoms with Gasteiger partial charge in [-0.2, -0.15) is 0 Å². The first-order valence-electron chi connectivity index (χ1n) is 4.20. The zero-order chi connectivity index (χ0) is 11.0. The summed E-state index contributed by atoms with van der Waals surface area (Å²) in [5.41, 5.74) is 1.87. The van der Waals surface area contributed by atoms with Gasteiger partial charge in [-0.15, -0.1) is 0 Å². The molecule has 0 radical (unpaired) electrons. The van der Waals surface area contributed by atoms with Gasteiger partial charge < -0.3 is 0 Å². The number of halogens is 4. The smallest absolute Gasteiger partial charge is 0.0796 e. The van der Waals surface area contributed by atoms with Crippen molar-refractivity contribution in [2.24, 2.45) is 0 Å². The molecule has 0 heterocycles. The Bertz CT molecular complexity index is 340. The molecule has 0 nitrogen and oxygen atoms in total. The lowest BCUT2D eigenvalue weighted by Gasteiger charge is -2.16. The van der Waals surface area contributed by atoms with Crippen LogP contribution in [-0.4, -0.2) is 0 Å². The molecular weight excluding hydrogens is 262 g/mol. The van der Waals surface area contributed by atoms with Crippen LogP contribution in [0.4, 0.5) is 0 Å². The van der Waals surface area contributed by atoms with Crippen LogP contribution in [0.25, 0.3) is 0 Å². The summed E-state index contributed by atoms with van der Waals surface area (Å²) in [7, 11) is 0. The molecule has 0 spiro atoms. The molecule has 1 aromatic rings. The SMILES string of the molecule is Cc1c(Cl)c(Cl)c(Cl)c(Cl)c1C(C)C. The van der Waals surface area contributed by atoms with Crippen LogP contribution < -0.4 is 0 Å². The third-order valence-electron chi connectivity index (χ3n) is 2.13. The summed E-state index contributed by atoms with van der Waals surface area (Å²) < 4.78 is 0. The van der Waals surface area contributed by atoms with Gasteiger partial charge in [0, 0.05) is 0 Å². The van der Waals surface area contributed by atoms with Gasteiger partial charge in [-0.25, -0.2) is 0 Å². The molecule has 0 N–H and O–H groups in total. The Morgan fingerprint density at radius 1 is 0.786 bits per heavy atom. The number of hydrogen-bond acceptors (Lipinski definition) is 0. The molecule has 0 amide bonds. The summed E-state index contributed by atoms with van der Waals surface area (Å²) in [5, 5.41) is 1.67. The molecule has 0 aliphatic heterocycles. The molecule has 0 fully saturated rings. The van der Waals surface area contributed by atoms with Crippen molar-refractivity contribution < 1.29 is 0 Å². The van der Waals surface area contributed by atoms with Crippen molar-refractivity contribution in [3.05, 3.63) is 31.2 Å². The molecule has 0 saturated carbocycles. The van der Waals surface area contributed by atoms with Crippen LogP contribution in [0.2, 0.25) is 20.1 Å². The minimum Gasteiger partial charge on any atom is -0.0824 e. The minimum absolute atomic E-state index is 0.273. The maximum absolute atomic E-state index is 6.10. The van der Waals surface area contributed by atoms with Crippen molar-refractivity contribution in [2.45, 2.75) is 26.7 Å². The van der Waals surface area contributed by atoms with Crippen LogP contribution in [0.3, 0.4) is 0 Å². The van der Waals surface area contributed by atoms with E-state index in [9.17, 15) is 0 Å². The van der Waals surface area contributed by atoms with Crippen LogP contribution in [0, 0.1) is 6.92 Å². The number of benzene rings is 1. The second-order valence-corrected chi connectivity index (χ2v) is 4.96. The molecule has 0 bridgehead atoms. The quantitative estimate of drug-likeness (QED) is 0.452. The molecule has 0 aromatic heterocycles. The monoisotopic (exact) mass is 270 g/mol. The van der Waals surface area contributed by atoms with Gasteiger partial charge >= 0.3 is 0 Å². The second-order valence-electron chi connectivity index (χ2n) is 3.45. The first-order chi connectivity index (χ1) is 6.37. The number of rotatable bonds is 1.